The number of hydrogen-bond donors (Lipinski definition) is 3. The highest BCUT2D eigenvalue weighted by Gasteiger charge is 2.30. The number of ether oxygens (including phenoxy) is 1. The highest BCUT2D eigenvalue weighted by Crippen LogP contribution is 2.38. The summed E-state index contributed by atoms with van der Waals surface area (Å²) in [6, 6.07) is 10.9. The minimum absolute atomic E-state index is 0.0105. The SMILES string of the molecule is CC(C)Oc1ccc(-c2nc(-c3cccc4c3CCC4NS(=O)(=O)CCN3CCC(O)CC3)no2)cc1N. The van der Waals surface area contributed by atoms with Crippen LogP contribution in [0.3, 0.4) is 0 Å². The Morgan fingerprint density at radius 1 is 1.21 bits per heavy atom. The van der Waals surface area contributed by atoms with Crippen LogP contribution < -0.4 is 15.2 Å². The molecule has 5 rings (SSSR count). The van der Waals surface area contributed by atoms with E-state index in [-0.39, 0.29) is 24.0 Å². The summed E-state index contributed by atoms with van der Waals surface area (Å²) in [5.41, 5.74) is 10.1. The van der Waals surface area contributed by atoms with Gasteiger partial charge in [0.25, 0.3) is 5.89 Å². The number of nitrogens with zero attached hydrogens (tertiary/aromatic N) is 3. The van der Waals surface area contributed by atoms with Crippen LogP contribution >= 0.6 is 0 Å². The van der Waals surface area contributed by atoms with Crippen molar-refractivity contribution in [2.45, 2.75) is 57.8 Å². The van der Waals surface area contributed by atoms with Gasteiger partial charge in [-0.05, 0) is 68.9 Å². The van der Waals surface area contributed by atoms with E-state index in [9.17, 15) is 13.5 Å². The lowest BCUT2D eigenvalue weighted by Gasteiger charge is -2.29. The normalized spacial score (nSPS) is 18.7. The third-order valence-electron chi connectivity index (χ3n) is 7.11. The first-order valence-electron chi connectivity index (χ1n) is 13.1. The van der Waals surface area contributed by atoms with Crippen molar-refractivity contribution in [1.29, 1.82) is 0 Å². The number of aliphatic hydroxyl groups is 1. The fraction of sp³-hybridized carbons (Fsp3) is 0.481. The van der Waals surface area contributed by atoms with Crippen LogP contribution in [0, 0.1) is 0 Å². The largest absolute Gasteiger partial charge is 0.489 e. The number of aromatic nitrogens is 2. The van der Waals surface area contributed by atoms with Gasteiger partial charge in [0.05, 0.1) is 23.6 Å². The van der Waals surface area contributed by atoms with Crippen molar-refractivity contribution in [1.82, 2.24) is 19.8 Å². The molecule has 1 saturated heterocycles. The van der Waals surface area contributed by atoms with Gasteiger partial charge in [0.2, 0.25) is 15.8 Å². The number of rotatable bonds is 9. The fourth-order valence-electron chi connectivity index (χ4n) is 5.15. The highest BCUT2D eigenvalue weighted by atomic mass is 32.2. The molecule has 4 N–H and O–H groups in total. The Bertz CT molecular complexity index is 1380. The zero-order valence-corrected chi connectivity index (χ0v) is 22.6. The third-order valence-corrected chi connectivity index (χ3v) is 8.48. The minimum atomic E-state index is -3.47. The number of nitrogens with two attached hydrogens (primary N) is 1. The molecule has 10 nitrogen and oxygen atoms in total. The van der Waals surface area contributed by atoms with Crippen molar-refractivity contribution in [2.24, 2.45) is 0 Å². The Morgan fingerprint density at radius 2 is 2.00 bits per heavy atom. The highest BCUT2D eigenvalue weighted by molar-refractivity contribution is 7.89. The fourth-order valence-corrected chi connectivity index (χ4v) is 6.44. The van der Waals surface area contributed by atoms with Crippen LogP contribution in [-0.2, 0) is 16.4 Å². The van der Waals surface area contributed by atoms with Crippen LogP contribution in [0.25, 0.3) is 22.8 Å². The molecule has 2 heterocycles. The van der Waals surface area contributed by atoms with Crippen molar-refractivity contribution < 1.29 is 22.8 Å². The Balaban J connectivity index is 1.29. The van der Waals surface area contributed by atoms with Crippen LogP contribution in [0.5, 0.6) is 5.75 Å². The Labute approximate surface area is 223 Å². The molecule has 1 atom stereocenters. The summed E-state index contributed by atoms with van der Waals surface area (Å²) >= 11 is 0. The van der Waals surface area contributed by atoms with Gasteiger partial charge in [-0.2, -0.15) is 4.98 Å². The standard InChI is InChI=1S/C27H35N5O5S/c1-17(2)36-25-9-6-18(16-23(25)28)27-29-26(30-37-27)22-5-3-4-21-20(22)7-8-24(21)31-38(34,35)15-14-32-12-10-19(33)11-13-32/h3-6,9,16-17,19,24,31,33H,7-8,10-15,28H2,1-2H3. The molecule has 1 unspecified atom stereocenters. The molecule has 1 aliphatic heterocycles. The molecule has 3 aromatic rings. The Hall–Kier alpha value is -2.99. The van der Waals surface area contributed by atoms with Gasteiger partial charge in [0.15, 0.2) is 0 Å². The van der Waals surface area contributed by atoms with Crippen LogP contribution in [-0.4, -0.2) is 66.2 Å². The molecule has 0 saturated carbocycles. The van der Waals surface area contributed by atoms with E-state index in [0.29, 0.717) is 60.9 Å². The summed E-state index contributed by atoms with van der Waals surface area (Å²) in [6.07, 6.45) is 2.49. The van der Waals surface area contributed by atoms with E-state index in [1.54, 1.807) is 12.1 Å². The zero-order chi connectivity index (χ0) is 26.9. The lowest BCUT2D eigenvalue weighted by atomic mass is 10.0. The first-order chi connectivity index (χ1) is 18.2. The summed E-state index contributed by atoms with van der Waals surface area (Å²) in [4.78, 5) is 6.71. The van der Waals surface area contributed by atoms with Crippen LogP contribution in [0.2, 0.25) is 0 Å². The van der Waals surface area contributed by atoms with Crippen molar-refractivity contribution in [3.8, 4) is 28.6 Å². The summed E-state index contributed by atoms with van der Waals surface area (Å²) in [7, 11) is -3.47. The lowest BCUT2D eigenvalue weighted by molar-refractivity contribution is 0.0855. The number of piperidine rings is 1. The number of nitrogens with one attached hydrogen (secondary N) is 1. The maximum atomic E-state index is 12.9. The number of anilines is 1. The quantitative estimate of drug-likeness (QED) is 0.348. The van der Waals surface area contributed by atoms with E-state index >= 15 is 0 Å². The van der Waals surface area contributed by atoms with E-state index in [2.05, 4.69) is 19.8 Å². The van der Waals surface area contributed by atoms with Crippen LogP contribution in [0.1, 0.15) is 50.3 Å². The molecule has 0 bridgehead atoms. The first kappa shape index (κ1) is 26.6. The van der Waals surface area contributed by atoms with Gasteiger partial charge in [0, 0.05) is 36.8 Å². The van der Waals surface area contributed by atoms with Crippen molar-refractivity contribution in [3.05, 3.63) is 47.5 Å². The molecule has 1 aliphatic carbocycles. The maximum absolute atomic E-state index is 12.9. The van der Waals surface area contributed by atoms with Gasteiger partial charge in [-0.3, -0.25) is 0 Å². The van der Waals surface area contributed by atoms with E-state index in [1.165, 1.54) is 0 Å². The second-order valence-electron chi connectivity index (χ2n) is 10.3. The van der Waals surface area contributed by atoms with E-state index in [1.807, 2.05) is 38.1 Å². The average molecular weight is 542 g/mol. The summed E-state index contributed by atoms with van der Waals surface area (Å²) < 4.78 is 39.9. The van der Waals surface area contributed by atoms with Crippen LogP contribution in [0.15, 0.2) is 40.9 Å². The molecular formula is C27H35N5O5S. The minimum Gasteiger partial charge on any atom is -0.489 e. The molecule has 2 aliphatic rings. The van der Waals surface area contributed by atoms with Crippen molar-refractivity contribution in [2.75, 3.05) is 31.1 Å². The lowest BCUT2D eigenvalue weighted by Crippen LogP contribution is -2.40. The third kappa shape index (κ3) is 6.01. The molecule has 0 radical (unpaired) electrons. The number of aliphatic hydroxyl groups excluding tert-OH is 1. The summed E-state index contributed by atoms with van der Waals surface area (Å²) in [6.45, 7) is 5.78. The predicted molar refractivity (Wildman–Crippen MR) is 145 cm³/mol. The second kappa shape index (κ2) is 11.0. The first-order valence-corrected chi connectivity index (χ1v) is 14.8. The van der Waals surface area contributed by atoms with Gasteiger partial charge in [-0.25, -0.2) is 13.1 Å². The van der Waals surface area contributed by atoms with Gasteiger partial charge in [-0.15, -0.1) is 0 Å². The molecule has 204 valence electrons. The molecule has 38 heavy (non-hydrogen) atoms. The van der Waals surface area contributed by atoms with Gasteiger partial charge in [0.1, 0.15) is 5.75 Å². The Kier molecular flexibility index (Phi) is 7.71. The summed E-state index contributed by atoms with van der Waals surface area (Å²) in [5.74, 6) is 1.44. The number of fused-ring (bicyclic) bond motifs is 1. The van der Waals surface area contributed by atoms with E-state index in [4.69, 9.17) is 15.0 Å². The van der Waals surface area contributed by atoms with Crippen molar-refractivity contribution in [3.63, 3.8) is 0 Å². The van der Waals surface area contributed by atoms with Gasteiger partial charge in [-0.1, -0.05) is 23.4 Å². The van der Waals surface area contributed by atoms with E-state index in [0.717, 1.165) is 29.8 Å². The molecule has 2 aromatic carbocycles. The molecular weight excluding hydrogens is 506 g/mol. The van der Waals surface area contributed by atoms with Crippen molar-refractivity contribution >= 4 is 15.7 Å². The molecule has 11 heteroatoms. The second-order valence-corrected chi connectivity index (χ2v) is 12.2. The molecule has 1 aromatic heterocycles. The molecule has 1 fully saturated rings. The van der Waals surface area contributed by atoms with Crippen LogP contribution in [0.4, 0.5) is 5.69 Å². The number of likely N-dealkylation sites (tertiary alicyclic amines) is 1. The number of benzene rings is 2. The smallest absolute Gasteiger partial charge is 0.258 e. The average Bonchev–Trinajstić information content (AvgIpc) is 3.52. The number of sulfonamides is 1. The van der Waals surface area contributed by atoms with E-state index < -0.39 is 10.0 Å². The molecule has 0 amide bonds. The predicted octanol–water partition coefficient (Wildman–Crippen LogP) is 3.14. The van der Waals surface area contributed by atoms with Gasteiger partial charge < -0.3 is 25.0 Å². The Morgan fingerprint density at radius 3 is 2.74 bits per heavy atom. The maximum Gasteiger partial charge on any atom is 0.258 e. The summed E-state index contributed by atoms with van der Waals surface area (Å²) in [5, 5.41) is 13.9. The molecule has 0 spiro atoms. The van der Waals surface area contributed by atoms with Gasteiger partial charge >= 0.3 is 0 Å². The number of hydrogen-bond acceptors (Lipinski definition) is 9. The zero-order valence-electron chi connectivity index (χ0n) is 21.8. The topological polar surface area (TPSA) is 144 Å². The monoisotopic (exact) mass is 541 g/mol. The number of nitrogen functional groups attached to an aromatic ring is 1.